The zero-order valence-corrected chi connectivity index (χ0v) is 15.8. The van der Waals surface area contributed by atoms with Crippen molar-refractivity contribution < 1.29 is 19.5 Å². The largest absolute Gasteiger partial charge is 0.481 e. The first-order valence-corrected chi connectivity index (χ1v) is 9.46. The molecule has 0 unspecified atom stereocenters. The predicted octanol–water partition coefficient (Wildman–Crippen LogP) is 4.08. The molecule has 1 aliphatic carbocycles. The lowest BCUT2D eigenvalue weighted by atomic mass is 9.78. The molecule has 0 spiro atoms. The van der Waals surface area contributed by atoms with Gasteiger partial charge in [0.1, 0.15) is 0 Å². The fourth-order valence-corrected chi connectivity index (χ4v) is 3.52. The van der Waals surface area contributed by atoms with Crippen LogP contribution in [0.15, 0.2) is 48.5 Å². The van der Waals surface area contributed by atoms with Crippen molar-refractivity contribution in [2.24, 2.45) is 11.8 Å². The Bertz CT molecular complexity index is 859. The van der Waals surface area contributed by atoms with Crippen LogP contribution in [0.2, 0.25) is 0 Å². The predicted molar refractivity (Wildman–Crippen MR) is 107 cm³/mol. The van der Waals surface area contributed by atoms with Gasteiger partial charge in [0.2, 0.25) is 5.91 Å². The van der Waals surface area contributed by atoms with Gasteiger partial charge in [-0.1, -0.05) is 30.5 Å². The molecule has 1 fully saturated rings. The maximum atomic E-state index is 12.5. The van der Waals surface area contributed by atoms with E-state index in [1.807, 2.05) is 31.2 Å². The molecule has 3 N–H and O–H groups in total. The summed E-state index contributed by atoms with van der Waals surface area (Å²) in [5.74, 6) is -2.57. The van der Waals surface area contributed by atoms with E-state index in [4.69, 9.17) is 0 Å². The van der Waals surface area contributed by atoms with Crippen molar-refractivity contribution in [2.75, 3.05) is 10.6 Å². The van der Waals surface area contributed by atoms with Gasteiger partial charge in [-0.05, 0) is 56.2 Å². The molecule has 3 rings (SSSR count). The lowest BCUT2D eigenvalue weighted by molar-refractivity contribution is -0.147. The molecule has 2 aromatic rings. The van der Waals surface area contributed by atoms with Gasteiger partial charge in [0, 0.05) is 16.9 Å². The Balaban J connectivity index is 1.62. The molecule has 0 aromatic heterocycles. The van der Waals surface area contributed by atoms with Gasteiger partial charge in [-0.2, -0.15) is 0 Å². The number of carboxylic acid groups (broad SMARTS) is 1. The van der Waals surface area contributed by atoms with Gasteiger partial charge in [-0.25, -0.2) is 0 Å². The Morgan fingerprint density at radius 1 is 0.821 bits per heavy atom. The smallest absolute Gasteiger partial charge is 0.307 e. The van der Waals surface area contributed by atoms with E-state index in [9.17, 15) is 19.5 Å². The van der Waals surface area contributed by atoms with Crippen LogP contribution >= 0.6 is 0 Å². The Hall–Kier alpha value is -3.15. The number of carboxylic acids is 1. The highest BCUT2D eigenvalue weighted by Crippen LogP contribution is 2.31. The second kappa shape index (κ2) is 8.69. The Morgan fingerprint density at radius 2 is 1.36 bits per heavy atom. The summed E-state index contributed by atoms with van der Waals surface area (Å²) in [6.07, 6.45) is 2.82. The molecule has 0 saturated heterocycles. The number of hydrogen-bond donors (Lipinski definition) is 3. The zero-order valence-electron chi connectivity index (χ0n) is 15.8. The van der Waals surface area contributed by atoms with E-state index in [2.05, 4.69) is 10.6 Å². The summed E-state index contributed by atoms with van der Waals surface area (Å²) >= 11 is 0. The number of hydrogen-bond acceptors (Lipinski definition) is 3. The minimum atomic E-state index is -0.914. The highest BCUT2D eigenvalue weighted by molar-refractivity contribution is 6.04. The first-order valence-electron chi connectivity index (χ1n) is 9.46. The first-order chi connectivity index (χ1) is 13.4. The second-order valence-corrected chi connectivity index (χ2v) is 7.22. The maximum Gasteiger partial charge on any atom is 0.307 e. The normalized spacial score (nSPS) is 18.9. The Morgan fingerprint density at radius 3 is 1.96 bits per heavy atom. The van der Waals surface area contributed by atoms with Gasteiger partial charge in [-0.15, -0.1) is 0 Å². The summed E-state index contributed by atoms with van der Waals surface area (Å²) in [4.78, 5) is 36.2. The standard InChI is InChI=1S/C22H24N2O4/c1-14-6-10-16(11-7-14)23-20(25)15-8-12-17(13-9-15)24-21(26)18-4-2-3-5-19(18)22(27)28/h6-13,18-19H,2-5H2,1H3,(H,23,25)(H,24,26)(H,27,28)/t18-,19+/m1/s1. The molecule has 1 aliphatic rings. The van der Waals surface area contributed by atoms with Gasteiger partial charge in [0.25, 0.3) is 5.91 Å². The summed E-state index contributed by atoms with van der Waals surface area (Å²) in [5, 5.41) is 14.9. The highest BCUT2D eigenvalue weighted by Gasteiger charge is 2.35. The van der Waals surface area contributed by atoms with Crippen molar-refractivity contribution in [1.82, 2.24) is 0 Å². The van der Waals surface area contributed by atoms with Crippen LogP contribution in [0.25, 0.3) is 0 Å². The molecule has 28 heavy (non-hydrogen) atoms. The number of benzene rings is 2. The summed E-state index contributed by atoms with van der Waals surface area (Å²) in [6.45, 7) is 1.98. The van der Waals surface area contributed by atoms with E-state index >= 15 is 0 Å². The van der Waals surface area contributed by atoms with E-state index in [0.29, 0.717) is 29.8 Å². The van der Waals surface area contributed by atoms with Crippen molar-refractivity contribution in [3.63, 3.8) is 0 Å². The molecule has 146 valence electrons. The van der Waals surface area contributed by atoms with Crippen molar-refractivity contribution in [3.8, 4) is 0 Å². The van der Waals surface area contributed by atoms with Crippen LogP contribution in [0.1, 0.15) is 41.6 Å². The van der Waals surface area contributed by atoms with Crippen LogP contribution in [-0.2, 0) is 9.59 Å². The average Bonchev–Trinajstić information content (AvgIpc) is 2.70. The number of amides is 2. The number of nitrogens with one attached hydrogen (secondary N) is 2. The van der Waals surface area contributed by atoms with E-state index < -0.39 is 17.8 Å². The van der Waals surface area contributed by atoms with Crippen LogP contribution in [0.5, 0.6) is 0 Å². The van der Waals surface area contributed by atoms with Gasteiger partial charge < -0.3 is 15.7 Å². The van der Waals surface area contributed by atoms with Gasteiger partial charge in [0.05, 0.1) is 11.8 Å². The van der Waals surface area contributed by atoms with Crippen molar-refractivity contribution in [1.29, 1.82) is 0 Å². The molecule has 0 heterocycles. The molecule has 6 nitrogen and oxygen atoms in total. The summed E-state index contributed by atoms with van der Waals surface area (Å²) in [7, 11) is 0. The van der Waals surface area contributed by atoms with E-state index in [1.54, 1.807) is 24.3 Å². The van der Waals surface area contributed by atoms with Gasteiger partial charge in [-0.3, -0.25) is 14.4 Å². The third-order valence-corrected chi connectivity index (χ3v) is 5.14. The minimum absolute atomic E-state index is 0.236. The third kappa shape index (κ3) is 4.76. The molecular formula is C22H24N2O4. The number of aryl methyl sites for hydroxylation is 1. The van der Waals surface area contributed by atoms with Crippen molar-refractivity contribution in [2.45, 2.75) is 32.6 Å². The van der Waals surface area contributed by atoms with Crippen molar-refractivity contribution in [3.05, 3.63) is 59.7 Å². The van der Waals surface area contributed by atoms with Crippen LogP contribution in [0.4, 0.5) is 11.4 Å². The molecule has 1 saturated carbocycles. The Labute approximate surface area is 164 Å². The number of rotatable bonds is 5. The van der Waals surface area contributed by atoms with Gasteiger partial charge in [0.15, 0.2) is 0 Å². The molecule has 2 atom stereocenters. The SMILES string of the molecule is Cc1ccc(NC(=O)c2ccc(NC(=O)[C@@H]3CCCC[C@@H]3C(=O)O)cc2)cc1. The topological polar surface area (TPSA) is 95.5 Å². The number of anilines is 2. The number of aliphatic carboxylic acids is 1. The summed E-state index contributed by atoms with van der Waals surface area (Å²) in [6, 6.07) is 14.1. The van der Waals surface area contributed by atoms with Crippen LogP contribution in [0, 0.1) is 18.8 Å². The minimum Gasteiger partial charge on any atom is -0.481 e. The maximum absolute atomic E-state index is 12.5. The Kier molecular flexibility index (Phi) is 6.09. The molecule has 0 aliphatic heterocycles. The van der Waals surface area contributed by atoms with Crippen LogP contribution in [-0.4, -0.2) is 22.9 Å². The zero-order chi connectivity index (χ0) is 20.1. The van der Waals surface area contributed by atoms with E-state index in [1.165, 1.54) is 0 Å². The van der Waals surface area contributed by atoms with Crippen LogP contribution < -0.4 is 10.6 Å². The number of carbonyl (C=O) groups excluding carboxylic acids is 2. The molecule has 6 heteroatoms. The van der Waals surface area contributed by atoms with Crippen LogP contribution in [0.3, 0.4) is 0 Å². The summed E-state index contributed by atoms with van der Waals surface area (Å²) in [5.41, 5.74) is 2.84. The highest BCUT2D eigenvalue weighted by atomic mass is 16.4. The molecular weight excluding hydrogens is 356 g/mol. The van der Waals surface area contributed by atoms with Crippen molar-refractivity contribution >= 4 is 29.2 Å². The average molecular weight is 380 g/mol. The quantitative estimate of drug-likeness (QED) is 0.728. The first kappa shape index (κ1) is 19.6. The lowest BCUT2D eigenvalue weighted by Gasteiger charge is -2.27. The fourth-order valence-electron chi connectivity index (χ4n) is 3.52. The third-order valence-electron chi connectivity index (χ3n) is 5.14. The molecule has 0 radical (unpaired) electrons. The molecule has 0 bridgehead atoms. The van der Waals surface area contributed by atoms with E-state index in [0.717, 1.165) is 18.4 Å². The number of carbonyl (C=O) groups is 3. The van der Waals surface area contributed by atoms with Gasteiger partial charge >= 0.3 is 5.97 Å². The molecule has 2 aromatic carbocycles. The summed E-state index contributed by atoms with van der Waals surface area (Å²) < 4.78 is 0. The monoisotopic (exact) mass is 380 g/mol. The second-order valence-electron chi connectivity index (χ2n) is 7.22. The fraction of sp³-hybridized carbons (Fsp3) is 0.318. The molecule has 2 amide bonds. The lowest BCUT2D eigenvalue weighted by Crippen LogP contribution is -2.36. The van der Waals surface area contributed by atoms with E-state index in [-0.39, 0.29) is 11.8 Å².